The standard InChI is InChI=1S/C9H16O5/c1-12-7-14-5-3-4-8(10)6-9(11)13-2/h3-7H2,1-2H3. The van der Waals surface area contributed by atoms with Crippen LogP contribution in [-0.2, 0) is 23.8 Å². The van der Waals surface area contributed by atoms with E-state index in [1.807, 2.05) is 0 Å². The molecule has 0 aliphatic heterocycles. The third kappa shape index (κ3) is 7.70. The van der Waals surface area contributed by atoms with Gasteiger partial charge in [-0.3, -0.25) is 9.59 Å². The van der Waals surface area contributed by atoms with Crippen molar-refractivity contribution < 1.29 is 23.8 Å². The fourth-order valence-electron chi connectivity index (χ4n) is 0.835. The number of carbonyl (C=O) groups excluding carboxylic acids is 2. The summed E-state index contributed by atoms with van der Waals surface area (Å²) in [5, 5.41) is 0. The van der Waals surface area contributed by atoms with E-state index >= 15 is 0 Å². The number of esters is 1. The van der Waals surface area contributed by atoms with Crippen LogP contribution < -0.4 is 0 Å². The number of ketones is 1. The van der Waals surface area contributed by atoms with Crippen molar-refractivity contribution in [2.75, 3.05) is 27.6 Å². The minimum absolute atomic E-state index is 0.127. The Bertz CT molecular complexity index is 178. The molecule has 0 aromatic heterocycles. The van der Waals surface area contributed by atoms with E-state index in [1.165, 1.54) is 14.2 Å². The molecular formula is C9H16O5. The molecule has 0 heterocycles. The second kappa shape index (κ2) is 8.65. The van der Waals surface area contributed by atoms with E-state index < -0.39 is 5.97 Å². The smallest absolute Gasteiger partial charge is 0.313 e. The molecule has 0 bridgehead atoms. The topological polar surface area (TPSA) is 61.8 Å². The van der Waals surface area contributed by atoms with Crippen molar-refractivity contribution >= 4 is 11.8 Å². The highest BCUT2D eigenvalue weighted by Gasteiger charge is 2.08. The fraction of sp³-hybridized carbons (Fsp3) is 0.778. The Morgan fingerprint density at radius 3 is 2.50 bits per heavy atom. The van der Waals surface area contributed by atoms with Crippen molar-refractivity contribution in [3.8, 4) is 0 Å². The second-order valence-corrected chi connectivity index (χ2v) is 2.71. The Morgan fingerprint density at radius 1 is 1.21 bits per heavy atom. The van der Waals surface area contributed by atoms with E-state index in [-0.39, 0.29) is 19.0 Å². The molecule has 5 heteroatoms. The summed E-state index contributed by atoms with van der Waals surface area (Å²) >= 11 is 0. The van der Waals surface area contributed by atoms with E-state index in [0.717, 1.165) is 0 Å². The molecule has 0 aliphatic rings. The first-order valence-electron chi connectivity index (χ1n) is 4.36. The Morgan fingerprint density at radius 2 is 1.93 bits per heavy atom. The van der Waals surface area contributed by atoms with E-state index in [4.69, 9.17) is 4.74 Å². The van der Waals surface area contributed by atoms with Gasteiger partial charge < -0.3 is 14.2 Å². The van der Waals surface area contributed by atoms with Gasteiger partial charge in [-0.1, -0.05) is 0 Å². The molecule has 0 atom stereocenters. The maximum Gasteiger partial charge on any atom is 0.313 e. The number of Topliss-reactive ketones (excluding diaryl/α,β-unsaturated/α-hetero) is 1. The molecule has 0 radical (unpaired) electrons. The first-order valence-corrected chi connectivity index (χ1v) is 4.36. The van der Waals surface area contributed by atoms with Crippen molar-refractivity contribution in [3.63, 3.8) is 0 Å². The van der Waals surface area contributed by atoms with Crippen LogP contribution in [0.15, 0.2) is 0 Å². The van der Waals surface area contributed by atoms with Crippen LogP contribution in [0.25, 0.3) is 0 Å². The highest BCUT2D eigenvalue weighted by molar-refractivity contribution is 5.95. The first-order chi connectivity index (χ1) is 6.70. The highest BCUT2D eigenvalue weighted by Crippen LogP contribution is 1.97. The average molecular weight is 204 g/mol. The lowest BCUT2D eigenvalue weighted by Crippen LogP contribution is -2.10. The molecule has 0 saturated heterocycles. The van der Waals surface area contributed by atoms with Crippen LogP contribution in [0, 0.1) is 0 Å². The summed E-state index contributed by atoms with van der Waals surface area (Å²) in [7, 11) is 2.79. The molecule has 0 rings (SSSR count). The Hall–Kier alpha value is -0.940. The average Bonchev–Trinajstić information content (AvgIpc) is 2.17. The van der Waals surface area contributed by atoms with Gasteiger partial charge >= 0.3 is 5.97 Å². The molecule has 0 N–H and O–H groups in total. The highest BCUT2D eigenvalue weighted by atomic mass is 16.7. The van der Waals surface area contributed by atoms with Crippen molar-refractivity contribution in [3.05, 3.63) is 0 Å². The molecule has 0 aromatic rings. The number of ether oxygens (including phenoxy) is 3. The summed E-state index contributed by atoms with van der Waals surface area (Å²) in [5.41, 5.74) is 0. The Labute approximate surface area is 83.3 Å². The van der Waals surface area contributed by atoms with Crippen LogP contribution in [0.4, 0.5) is 0 Å². The third-order valence-electron chi connectivity index (χ3n) is 1.51. The summed E-state index contributed by atoms with van der Waals surface area (Å²) in [5.74, 6) is -0.620. The Kier molecular flexibility index (Phi) is 8.07. The molecule has 0 aromatic carbocycles. The van der Waals surface area contributed by atoms with Crippen molar-refractivity contribution in [1.82, 2.24) is 0 Å². The number of rotatable bonds is 8. The van der Waals surface area contributed by atoms with Crippen LogP contribution in [0.3, 0.4) is 0 Å². The van der Waals surface area contributed by atoms with E-state index in [2.05, 4.69) is 9.47 Å². The molecule has 5 nitrogen and oxygen atoms in total. The summed E-state index contributed by atoms with van der Waals surface area (Å²) in [6.45, 7) is 0.686. The molecule has 0 amide bonds. The van der Waals surface area contributed by atoms with Gasteiger partial charge in [0.1, 0.15) is 19.0 Å². The molecule has 82 valence electrons. The zero-order chi connectivity index (χ0) is 10.8. The zero-order valence-corrected chi connectivity index (χ0v) is 8.58. The van der Waals surface area contributed by atoms with Gasteiger partial charge in [-0.05, 0) is 6.42 Å². The Balaban J connectivity index is 3.31. The van der Waals surface area contributed by atoms with E-state index in [0.29, 0.717) is 19.4 Å². The number of carbonyl (C=O) groups is 2. The monoisotopic (exact) mass is 204 g/mol. The SMILES string of the molecule is COCOCCCC(=O)CC(=O)OC. The van der Waals surface area contributed by atoms with E-state index in [1.54, 1.807) is 0 Å². The quantitative estimate of drug-likeness (QED) is 0.249. The molecule has 0 spiro atoms. The molecule has 0 unspecified atom stereocenters. The van der Waals surface area contributed by atoms with Gasteiger partial charge in [0.15, 0.2) is 0 Å². The van der Waals surface area contributed by atoms with Crippen LogP contribution in [-0.4, -0.2) is 39.4 Å². The van der Waals surface area contributed by atoms with Gasteiger partial charge in [-0.25, -0.2) is 0 Å². The predicted octanol–water partition coefficient (Wildman–Crippen LogP) is 0.519. The summed E-state index contributed by atoms with van der Waals surface area (Å²) in [4.78, 5) is 21.7. The third-order valence-corrected chi connectivity index (χ3v) is 1.51. The maximum atomic E-state index is 11.1. The molecular weight excluding hydrogens is 188 g/mol. The van der Waals surface area contributed by atoms with Crippen LogP contribution in [0.2, 0.25) is 0 Å². The van der Waals surface area contributed by atoms with Crippen molar-refractivity contribution in [2.24, 2.45) is 0 Å². The summed E-state index contributed by atoms with van der Waals surface area (Å²) < 4.78 is 14.0. The van der Waals surface area contributed by atoms with Gasteiger partial charge in [-0.15, -0.1) is 0 Å². The molecule has 0 saturated carbocycles. The number of hydrogen-bond acceptors (Lipinski definition) is 5. The zero-order valence-electron chi connectivity index (χ0n) is 8.58. The summed E-state index contributed by atoms with van der Waals surface area (Å²) in [6.07, 6.45) is 0.777. The van der Waals surface area contributed by atoms with Gasteiger partial charge in [0, 0.05) is 20.1 Å². The maximum absolute atomic E-state index is 11.1. The lowest BCUT2D eigenvalue weighted by Gasteiger charge is -2.01. The normalized spacial score (nSPS) is 9.86. The van der Waals surface area contributed by atoms with Crippen LogP contribution in [0.1, 0.15) is 19.3 Å². The summed E-state index contributed by atoms with van der Waals surface area (Å²) in [6, 6.07) is 0. The van der Waals surface area contributed by atoms with Gasteiger partial charge in [0.2, 0.25) is 0 Å². The number of hydrogen-bond donors (Lipinski definition) is 0. The molecule has 14 heavy (non-hydrogen) atoms. The van der Waals surface area contributed by atoms with Crippen molar-refractivity contribution in [1.29, 1.82) is 0 Å². The minimum atomic E-state index is -0.493. The predicted molar refractivity (Wildman–Crippen MR) is 48.7 cm³/mol. The lowest BCUT2D eigenvalue weighted by atomic mass is 10.2. The molecule has 0 fully saturated rings. The largest absolute Gasteiger partial charge is 0.469 e. The van der Waals surface area contributed by atoms with Crippen LogP contribution in [0.5, 0.6) is 0 Å². The minimum Gasteiger partial charge on any atom is -0.469 e. The van der Waals surface area contributed by atoms with Crippen molar-refractivity contribution in [2.45, 2.75) is 19.3 Å². The van der Waals surface area contributed by atoms with Crippen LogP contribution >= 0.6 is 0 Å². The van der Waals surface area contributed by atoms with E-state index in [9.17, 15) is 9.59 Å². The van der Waals surface area contributed by atoms with Gasteiger partial charge in [0.25, 0.3) is 0 Å². The lowest BCUT2D eigenvalue weighted by molar-refractivity contribution is -0.143. The second-order valence-electron chi connectivity index (χ2n) is 2.71. The number of methoxy groups -OCH3 is 2. The molecule has 0 aliphatic carbocycles. The fourth-order valence-corrected chi connectivity index (χ4v) is 0.835. The van der Waals surface area contributed by atoms with Gasteiger partial charge in [-0.2, -0.15) is 0 Å². The van der Waals surface area contributed by atoms with Gasteiger partial charge in [0.05, 0.1) is 7.11 Å². The first kappa shape index (κ1) is 13.1.